The highest BCUT2D eigenvalue weighted by Gasteiger charge is 2.32. The first-order valence-corrected chi connectivity index (χ1v) is 9.81. The van der Waals surface area contributed by atoms with Gasteiger partial charge in [-0.2, -0.15) is 0 Å². The van der Waals surface area contributed by atoms with E-state index < -0.39 is 17.4 Å². The van der Waals surface area contributed by atoms with Gasteiger partial charge in [0.1, 0.15) is 13.2 Å². The van der Waals surface area contributed by atoms with Gasteiger partial charge in [-0.15, -0.1) is 0 Å². The Balaban J connectivity index is 1.98. The summed E-state index contributed by atoms with van der Waals surface area (Å²) in [6.07, 6.45) is 0.488. The monoisotopic (exact) mass is 398 g/mol. The zero-order valence-corrected chi connectivity index (χ0v) is 17.6. The van der Waals surface area contributed by atoms with Crippen LogP contribution in [-0.2, 0) is 14.9 Å². The number of benzene rings is 2. The lowest BCUT2D eigenvalue weighted by Gasteiger charge is -2.29. The smallest absolute Gasteiger partial charge is 0.338 e. The fourth-order valence-electron chi connectivity index (χ4n) is 2.73. The van der Waals surface area contributed by atoms with Crippen molar-refractivity contribution >= 4 is 11.9 Å². The molecule has 0 fully saturated rings. The number of ether oxygens (including phenoxy) is 2. The van der Waals surface area contributed by atoms with Crippen molar-refractivity contribution in [3.63, 3.8) is 0 Å². The van der Waals surface area contributed by atoms with E-state index in [4.69, 9.17) is 9.47 Å². The second-order valence-corrected chi connectivity index (χ2v) is 8.36. The van der Waals surface area contributed by atoms with Crippen LogP contribution in [0.3, 0.4) is 0 Å². The van der Waals surface area contributed by atoms with Crippen LogP contribution < -0.4 is 0 Å². The Labute approximate surface area is 172 Å². The highest BCUT2D eigenvalue weighted by atomic mass is 16.5. The molecule has 2 aromatic rings. The Hall–Kier alpha value is -2.66. The number of aliphatic hydroxyl groups is 1. The average molecular weight is 398 g/mol. The Kier molecular flexibility index (Phi) is 7.57. The first kappa shape index (κ1) is 22.6. The standard InChI is InChI=1S/C24H30O5/c1-5-24(15-25,16-28-21(26)18-9-7-6-8-10-18)17-29-22(27)19-11-13-20(14-12-19)23(2,3)4/h6-14,25H,5,15-17H2,1-4H3. The lowest BCUT2D eigenvalue weighted by Crippen LogP contribution is -2.37. The number of hydrogen-bond donors (Lipinski definition) is 1. The first-order chi connectivity index (χ1) is 13.7. The highest BCUT2D eigenvalue weighted by Crippen LogP contribution is 2.25. The Morgan fingerprint density at radius 3 is 1.72 bits per heavy atom. The number of carbonyl (C=O) groups is 2. The van der Waals surface area contributed by atoms with Gasteiger partial charge < -0.3 is 14.6 Å². The van der Waals surface area contributed by atoms with Gasteiger partial charge in [0.05, 0.1) is 23.1 Å². The molecule has 2 rings (SSSR count). The van der Waals surface area contributed by atoms with Gasteiger partial charge in [0, 0.05) is 0 Å². The quantitative estimate of drug-likeness (QED) is 0.668. The number of hydrogen-bond acceptors (Lipinski definition) is 5. The van der Waals surface area contributed by atoms with Crippen LogP contribution in [0.15, 0.2) is 54.6 Å². The number of esters is 2. The van der Waals surface area contributed by atoms with E-state index in [0.29, 0.717) is 17.5 Å². The number of carbonyl (C=O) groups excluding carboxylic acids is 2. The molecule has 0 heterocycles. The molecule has 2 aromatic carbocycles. The molecule has 0 radical (unpaired) electrons. The van der Waals surface area contributed by atoms with Gasteiger partial charge >= 0.3 is 11.9 Å². The summed E-state index contributed by atoms with van der Waals surface area (Å²) >= 11 is 0. The van der Waals surface area contributed by atoms with Crippen LogP contribution >= 0.6 is 0 Å². The minimum Gasteiger partial charge on any atom is -0.461 e. The van der Waals surface area contributed by atoms with Gasteiger partial charge in [-0.05, 0) is 41.7 Å². The summed E-state index contributed by atoms with van der Waals surface area (Å²) in [6.45, 7) is 7.84. The molecule has 5 nitrogen and oxygen atoms in total. The Morgan fingerprint density at radius 1 is 0.828 bits per heavy atom. The van der Waals surface area contributed by atoms with Gasteiger partial charge in [0.2, 0.25) is 0 Å². The summed E-state index contributed by atoms with van der Waals surface area (Å²) in [5, 5.41) is 9.89. The van der Waals surface area contributed by atoms with Crippen molar-refractivity contribution in [3.05, 3.63) is 71.3 Å². The van der Waals surface area contributed by atoms with Gasteiger partial charge in [-0.3, -0.25) is 0 Å². The fraction of sp³-hybridized carbons (Fsp3) is 0.417. The zero-order chi connectivity index (χ0) is 21.5. The van der Waals surface area contributed by atoms with Crippen LogP contribution in [0.1, 0.15) is 60.4 Å². The molecule has 0 saturated carbocycles. The second-order valence-electron chi connectivity index (χ2n) is 8.36. The molecule has 1 atom stereocenters. The van der Waals surface area contributed by atoms with Crippen molar-refractivity contribution < 1.29 is 24.2 Å². The summed E-state index contributed by atoms with van der Waals surface area (Å²) in [5.74, 6) is -0.938. The molecule has 0 bridgehead atoms. The molecule has 29 heavy (non-hydrogen) atoms. The molecule has 156 valence electrons. The third-order valence-electron chi connectivity index (χ3n) is 5.10. The first-order valence-electron chi connectivity index (χ1n) is 9.81. The van der Waals surface area contributed by atoms with E-state index in [1.807, 2.05) is 25.1 Å². The van der Waals surface area contributed by atoms with Crippen LogP contribution in [0, 0.1) is 5.41 Å². The average Bonchev–Trinajstić information content (AvgIpc) is 2.74. The lowest BCUT2D eigenvalue weighted by atomic mass is 9.86. The van der Waals surface area contributed by atoms with Gasteiger partial charge in [-0.25, -0.2) is 9.59 Å². The van der Waals surface area contributed by atoms with Crippen LogP contribution in [0.5, 0.6) is 0 Å². The van der Waals surface area contributed by atoms with E-state index in [0.717, 1.165) is 5.56 Å². The highest BCUT2D eigenvalue weighted by molar-refractivity contribution is 5.90. The molecular weight excluding hydrogens is 368 g/mol. The van der Waals surface area contributed by atoms with E-state index in [9.17, 15) is 14.7 Å². The van der Waals surface area contributed by atoms with Crippen LogP contribution in [-0.4, -0.2) is 36.9 Å². The molecule has 1 N–H and O–H groups in total. The molecule has 0 saturated heterocycles. The zero-order valence-electron chi connectivity index (χ0n) is 17.6. The van der Waals surface area contributed by atoms with Gasteiger partial charge in [-0.1, -0.05) is 58.0 Å². The maximum absolute atomic E-state index is 12.4. The molecule has 1 unspecified atom stereocenters. The van der Waals surface area contributed by atoms with Gasteiger partial charge in [0.25, 0.3) is 0 Å². The van der Waals surface area contributed by atoms with E-state index in [1.165, 1.54) is 0 Å². The Bertz CT molecular complexity index is 799. The molecule has 0 spiro atoms. The number of aliphatic hydroxyl groups excluding tert-OH is 1. The van der Waals surface area contributed by atoms with Crippen LogP contribution in [0.2, 0.25) is 0 Å². The molecule has 0 aliphatic carbocycles. The normalized spacial score (nSPS) is 13.4. The van der Waals surface area contributed by atoms with Crippen molar-refractivity contribution in [2.75, 3.05) is 19.8 Å². The number of rotatable bonds is 8. The molecule has 5 heteroatoms. The molecule has 0 aromatic heterocycles. The van der Waals surface area contributed by atoms with Crippen molar-refractivity contribution in [3.8, 4) is 0 Å². The van der Waals surface area contributed by atoms with E-state index >= 15 is 0 Å². The van der Waals surface area contributed by atoms with Crippen molar-refractivity contribution in [2.45, 2.75) is 39.5 Å². The maximum Gasteiger partial charge on any atom is 0.338 e. The Morgan fingerprint density at radius 2 is 1.31 bits per heavy atom. The SMILES string of the molecule is CCC(CO)(COC(=O)c1ccccc1)COC(=O)c1ccc(C(C)(C)C)cc1. The van der Waals surface area contributed by atoms with Gasteiger partial charge in [0.15, 0.2) is 0 Å². The van der Waals surface area contributed by atoms with E-state index in [2.05, 4.69) is 20.8 Å². The lowest BCUT2D eigenvalue weighted by molar-refractivity contribution is -0.0294. The summed E-state index contributed by atoms with van der Waals surface area (Å²) < 4.78 is 10.8. The minimum atomic E-state index is -0.842. The molecule has 0 amide bonds. The van der Waals surface area contributed by atoms with Crippen LogP contribution in [0.4, 0.5) is 0 Å². The van der Waals surface area contributed by atoms with Crippen molar-refractivity contribution in [1.82, 2.24) is 0 Å². The topological polar surface area (TPSA) is 72.8 Å². The fourth-order valence-corrected chi connectivity index (χ4v) is 2.73. The molecular formula is C24H30O5. The predicted octanol–water partition coefficient (Wildman–Crippen LogP) is 4.39. The maximum atomic E-state index is 12.4. The molecule has 0 aliphatic heterocycles. The third-order valence-corrected chi connectivity index (χ3v) is 5.10. The van der Waals surface area contributed by atoms with E-state index in [1.54, 1.807) is 36.4 Å². The van der Waals surface area contributed by atoms with E-state index in [-0.39, 0.29) is 25.2 Å². The summed E-state index contributed by atoms with van der Waals surface area (Å²) in [6, 6.07) is 16.0. The van der Waals surface area contributed by atoms with Crippen molar-refractivity contribution in [1.29, 1.82) is 0 Å². The predicted molar refractivity (Wildman–Crippen MR) is 112 cm³/mol. The summed E-state index contributed by atoms with van der Waals surface area (Å²) in [7, 11) is 0. The summed E-state index contributed by atoms with van der Waals surface area (Å²) in [4.78, 5) is 24.6. The minimum absolute atomic E-state index is 0.000677. The van der Waals surface area contributed by atoms with Crippen molar-refractivity contribution in [2.24, 2.45) is 5.41 Å². The second kappa shape index (κ2) is 9.70. The summed E-state index contributed by atoms with van der Waals surface area (Å²) in [5.41, 5.74) is 1.17. The van der Waals surface area contributed by atoms with Crippen LogP contribution in [0.25, 0.3) is 0 Å². The molecule has 0 aliphatic rings. The third kappa shape index (κ3) is 6.16. The largest absolute Gasteiger partial charge is 0.461 e.